The van der Waals surface area contributed by atoms with Gasteiger partial charge in [-0.25, -0.2) is 8.42 Å². The maximum absolute atomic E-state index is 13.5. The third-order valence-electron chi connectivity index (χ3n) is 5.65. The Bertz CT molecular complexity index is 1170. The van der Waals surface area contributed by atoms with Gasteiger partial charge in [-0.05, 0) is 53.8 Å². The first-order valence-electron chi connectivity index (χ1n) is 10.4. The fourth-order valence-electron chi connectivity index (χ4n) is 3.87. The molecule has 1 heterocycles. The third kappa shape index (κ3) is 4.21. The highest BCUT2D eigenvalue weighted by atomic mass is 32.2. The molecule has 6 heteroatoms. The number of benzene rings is 3. The van der Waals surface area contributed by atoms with Crippen LogP contribution in [0.4, 0.5) is 11.4 Å². The number of amides is 1. The van der Waals surface area contributed by atoms with E-state index in [9.17, 15) is 13.2 Å². The molecule has 0 fully saturated rings. The SMILES string of the molecule is CC(C)c1ccc(N(CC(=O)N2CCc3ccccc32)S(=O)(=O)c2ccccc2)cc1. The molecule has 0 bridgehead atoms. The zero-order valence-corrected chi connectivity index (χ0v) is 18.5. The van der Waals surface area contributed by atoms with Gasteiger partial charge in [-0.15, -0.1) is 0 Å². The van der Waals surface area contributed by atoms with Crippen molar-refractivity contribution in [1.82, 2.24) is 0 Å². The Morgan fingerprint density at radius 3 is 2.26 bits per heavy atom. The molecule has 3 aromatic carbocycles. The number of hydrogen-bond acceptors (Lipinski definition) is 3. The zero-order valence-electron chi connectivity index (χ0n) is 17.7. The molecule has 1 amide bonds. The molecule has 0 radical (unpaired) electrons. The van der Waals surface area contributed by atoms with Crippen molar-refractivity contribution in [3.8, 4) is 0 Å². The summed E-state index contributed by atoms with van der Waals surface area (Å²) in [6.07, 6.45) is 0.774. The smallest absolute Gasteiger partial charge is 0.264 e. The minimum atomic E-state index is -3.90. The van der Waals surface area contributed by atoms with Crippen LogP contribution in [0, 0.1) is 0 Å². The highest BCUT2D eigenvalue weighted by molar-refractivity contribution is 7.92. The number of nitrogens with zero attached hydrogens (tertiary/aromatic N) is 2. The van der Waals surface area contributed by atoms with Gasteiger partial charge in [-0.3, -0.25) is 9.10 Å². The first-order valence-corrected chi connectivity index (χ1v) is 11.9. The highest BCUT2D eigenvalue weighted by Crippen LogP contribution is 2.30. The quantitative estimate of drug-likeness (QED) is 0.570. The van der Waals surface area contributed by atoms with Gasteiger partial charge in [-0.1, -0.05) is 62.4 Å². The van der Waals surface area contributed by atoms with Gasteiger partial charge >= 0.3 is 0 Å². The Hall–Kier alpha value is -3.12. The van der Waals surface area contributed by atoms with Gasteiger partial charge in [0.2, 0.25) is 5.91 Å². The van der Waals surface area contributed by atoms with Crippen molar-refractivity contribution in [2.24, 2.45) is 0 Å². The minimum absolute atomic E-state index is 0.164. The lowest BCUT2D eigenvalue weighted by molar-refractivity contribution is -0.117. The van der Waals surface area contributed by atoms with Crippen molar-refractivity contribution >= 4 is 27.3 Å². The number of para-hydroxylation sites is 1. The van der Waals surface area contributed by atoms with Crippen LogP contribution in [0.25, 0.3) is 0 Å². The average Bonchev–Trinajstić information content (AvgIpc) is 3.22. The first kappa shape index (κ1) is 21.1. The number of carbonyl (C=O) groups is 1. The van der Waals surface area contributed by atoms with E-state index in [4.69, 9.17) is 0 Å². The van der Waals surface area contributed by atoms with Crippen molar-refractivity contribution < 1.29 is 13.2 Å². The molecule has 4 rings (SSSR count). The summed E-state index contributed by atoms with van der Waals surface area (Å²) in [5.74, 6) is 0.0911. The first-order chi connectivity index (χ1) is 14.9. The fraction of sp³-hybridized carbons (Fsp3) is 0.240. The molecule has 0 saturated carbocycles. The van der Waals surface area contributed by atoms with Crippen molar-refractivity contribution in [1.29, 1.82) is 0 Å². The molecule has 0 N–H and O–H groups in total. The molecular weight excluding hydrogens is 408 g/mol. The standard InChI is InChI=1S/C25H26N2O3S/c1-19(2)20-12-14-22(15-13-20)27(31(29,30)23-9-4-3-5-10-23)18-25(28)26-17-16-21-8-6-7-11-24(21)26/h3-15,19H,16-18H2,1-2H3. The molecule has 0 aliphatic carbocycles. The van der Waals surface area contributed by atoms with Crippen molar-refractivity contribution in [3.63, 3.8) is 0 Å². The van der Waals surface area contributed by atoms with Crippen LogP contribution in [0.15, 0.2) is 83.8 Å². The van der Waals surface area contributed by atoms with Gasteiger partial charge in [0.1, 0.15) is 6.54 Å². The maximum Gasteiger partial charge on any atom is 0.264 e. The normalized spacial score (nSPS) is 13.3. The van der Waals surface area contributed by atoms with E-state index < -0.39 is 10.0 Å². The molecule has 0 saturated heterocycles. The summed E-state index contributed by atoms with van der Waals surface area (Å²) in [7, 11) is -3.90. The molecule has 0 spiro atoms. The maximum atomic E-state index is 13.5. The lowest BCUT2D eigenvalue weighted by Gasteiger charge is -2.27. The molecule has 0 aromatic heterocycles. The van der Waals surface area contributed by atoms with Crippen LogP contribution in [-0.4, -0.2) is 27.4 Å². The topological polar surface area (TPSA) is 57.7 Å². The van der Waals surface area contributed by atoms with Crippen molar-refractivity contribution in [2.75, 3.05) is 22.3 Å². The third-order valence-corrected chi connectivity index (χ3v) is 7.43. The van der Waals surface area contributed by atoms with Gasteiger partial charge in [0.15, 0.2) is 0 Å². The lowest BCUT2D eigenvalue weighted by Crippen LogP contribution is -2.42. The summed E-state index contributed by atoms with van der Waals surface area (Å²) < 4.78 is 28.2. The van der Waals surface area contributed by atoms with Crippen LogP contribution in [-0.2, 0) is 21.2 Å². The summed E-state index contributed by atoms with van der Waals surface area (Å²) in [6.45, 7) is 4.47. The van der Waals surface area contributed by atoms with E-state index in [1.54, 1.807) is 47.4 Å². The van der Waals surface area contributed by atoms with Crippen LogP contribution in [0.1, 0.15) is 30.9 Å². The summed E-state index contributed by atoms with van der Waals surface area (Å²) in [4.78, 5) is 15.1. The van der Waals surface area contributed by atoms with E-state index in [1.165, 1.54) is 4.31 Å². The van der Waals surface area contributed by atoms with Gasteiger partial charge in [-0.2, -0.15) is 0 Å². The Morgan fingerprint density at radius 1 is 0.935 bits per heavy atom. The summed E-state index contributed by atoms with van der Waals surface area (Å²) in [5.41, 5.74) is 3.56. The summed E-state index contributed by atoms with van der Waals surface area (Å²) in [6, 6.07) is 23.4. The monoisotopic (exact) mass is 434 g/mol. The molecule has 0 unspecified atom stereocenters. The second kappa shape index (κ2) is 8.55. The Labute approximate surface area is 184 Å². The fourth-order valence-corrected chi connectivity index (χ4v) is 5.30. The number of rotatable bonds is 6. The van der Waals surface area contributed by atoms with Crippen molar-refractivity contribution in [3.05, 3.63) is 90.0 Å². The minimum Gasteiger partial charge on any atom is -0.310 e. The zero-order chi connectivity index (χ0) is 22.0. The summed E-state index contributed by atoms with van der Waals surface area (Å²) in [5, 5.41) is 0. The van der Waals surface area contributed by atoms with Crippen LogP contribution in [0.3, 0.4) is 0 Å². The summed E-state index contributed by atoms with van der Waals surface area (Å²) >= 11 is 0. The van der Waals surface area contributed by atoms with Gasteiger partial charge < -0.3 is 4.90 Å². The van der Waals surface area contributed by atoms with Crippen molar-refractivity contribution in [2.45, 2.75) is 31.1 Å². The largest absolute Gasteiger partial charge is 0.310 e. The van der Waals surface area contributed by atoms with E-state index in [0.29, 0.717) is 18.2 Å². The molecule has 1 aliphatic heterocycles. The molecule has 1 aliphatic rings. The Kier molecular flexibility index (Phi) is 5.83. The number of hydrogen-bond donors (Lipinski definition) is 0. The van der Waals surface area contributed by atoms with E-state index >= 15 is 0 Å². The number of fused-ring (bicyclic) bond motifs is 1. The second-order valence-electron chi connectivity index (χ2n) is 8.00. The van der Waals surface area contributed by atoms with E-state index in [-0.39, 0.29) is 17.3 Å². The number of sulfonamides is 1. The van der Waals surface area contributed by atoms with Crippen LogP contribution in [0.5, 0.6) is 0 Å². The van der Waals surface area contributed by atoms with E-state index in [0.717, 1.165) is 23.2 Å². The van der Waals surface area contributed by atoms with E-state index in [1.807, 2.05) is 36.4 Å². The van der Waals surface area contributed by atoms with Gasteiger partial charge in [0, 0.05) is 12.2 Å². The molecule has 3 aromatic rings. The average molecular weight is 435 g/mol. The Balaban J connectivity index is 1.70. The number of anilines is 2. The number of carbonyl (C=O) groups excluding carboxylic acids is 1. The van der Waals surface area contributed by atoms with Gasteiger partial charge in [0.25, 0.3) is 10.0 Å². The van der Waals surface area contributed by atoms with Crippen LogP contribution in [0.2, 0.25) is 0 Å². The Morgan fingerprint density at radius 2 is 1.58 bits per heavy atom. The van der Waals surface area contributed by atoms with Crippen LogP contribution < -0.4 is 9.21 Å². The molecule has 160 valence electrons. The van der Waals surface area contributed by atoms with Gasteiger partial charge in [0.05, 0.1) is 10.6 Å². The molecule has 0 atom stereocenters. The molecule has 31 heavy (non-hydrogen) atoms. The van der Waals surface area contributed by atoms with E-state index in [2.05, 4.69) is 13.8 Å². The predicted molar refractivity (Wildman–Crippen MR) is 124 cm³/mol. The predicted octanol–water partition coefficient (Wildman–Crippen LogP) is 4.59. The van der Waals surface area contributed by atoms with Crippen LogP contribution >= 0.6 is 0 Å². The molecular formula is C25H26N2O3S. The lowest BCUT2D eigenvalue weighted by atomic mass is 10.0. The highest BCUT2D eigenvalue weighted by Gasteiger charge is 2.31. The second-order valence-corrected chi connectivity index (χ2v) is 9.86. The molecule has 5 nitrogen and oxygen atoms in total.